The number of thiocarbonyl (C=S) groups is 1. The summed E-state index contributed by atoms with van der Waals surface area (Å²) in [6.45, 7) is 9.13. The summed E-state index contributed by atoms with van der Waals surface area (Å²) in [6, 6.07) is 2.06. The van der Waals surface area contributed by atoms with E-state index >= 15 is 0 Å². The molecule has 3 heterocycles. The van der Waals surface area contributed by atoms with Crippen LogP contribution in [0.2, 0.25) is 0 Å². The molecule has 9 heteroatoms. The molecule has 2 unspecified atom stereocenters. The molecule has 1 aromatic heterocycles. The maximum absolute atomic E-state index is 12.4. The van der Waals surface area contributed by atoms with Gasteiger partial charge in [-0.2, -0.15) is 10.2 Å². The smallest absolute Gasteiger partial charge is 0.266 e. The standard InChI is InChI=1S/C17H18N4O3S2/c1-4-5-21-15(22)13(26-17(21)25)6-14-19-12(7-18)16(24-14)20-8-10(2)23-11(3)9-20/h4,6,10-11H,1,5,8-9H2,2-3H3/b13-6+. The zero-order valence-electron chi connectivity index (χ0n) is 14.5. The van der Waals surface area contributed by atoms with Gasteiger partial charge in [-0.1, -0.05) is 30.1 Å². The molecule has 0 aromatic carbocycles. The first-order chi connectivity index (χ1) is 12.4. The molecule has 0 N–H and O–H groups in total. The number of thioether (sulfide) groups is 1. The summed E-state index contributed by atoms with van der Waals surface area (Å²) in [4.78, 5) is 20.4. The van der Waals surface area contributed by atoms with Crippen LogP contribution in [0.4, 0.5) is 5.88 Å². The van der Waals surface area contributed by atoms with E-state index in [9.17, 15) is 10.1 Å². The molecule has 2 atom stereocenters. The van der Waals surface area contributed by atoms with E-state index < -0.39 is 0 Å². The van der Waals surface area contributed by atoms with Crippen molar-refractivity contribution in [3.05, 3.63) is 29.1 Å². The lowest BCUT2D eigenvalue weighted by Gasteiger charge is -2.34. The highest BCUT2D eigenvalue weighted by Gasteiger charge is 2.32. The van der Waals surface area contributed by atoms with Gasteiger partial charge < -0.3 is 14.1 Å². The summed E-state index contributed by atoms with van der Waals surface area (Å²) in [6.07, 6.45) is 3.19. The summed E-state index contributed by atoms with van der Waals surface area (Å²) in [5, 5.41) is 9.40. The fourth-order valence-corrected chi connectivity index (χ4v) is 4.16. The Morgan fingerprint density at radius 3 is 2.77 bits per heavy atom. The molecular weight excluding hydrogens is 372 g/mol. The van der Waals surface area contributed by atoms with Crippen LogP contribution in [0.15, 0.2) is 22.0 Å². The molecule has 0 spiro atoms. The number of nitriles is 1. The highest BCUT2D eigenvalue weighted by molar-refractivity contribution is 8.26. The van der Waals surface area contributed by atoms with Crippen LogP contribution >= 0.6 is 24.0 Å². The number of ether oxygens (including phenoxy) is 1. The van der Waals surface area contributed by atoms with Gasteiger partial charge in [-0.05, 0) is 13.8 Å². The third-order valence-corrected chi connectivity index (χ3v) is 5.26. The molecule has 2 fully saturated rings. The zero-order chi connectivity index (χ0) is 18.8. The van der Waals surface area contributed by atoms with E-state index in [0.29, 0.717) is 34.7 Å². The van der Waals surface area contributed by atoms with Crippen LogP contribution < -0.4 is 4.90 Å². The summed E-state index contributed by atoms with van der Waals surface area (Å²) in [5.41, 5.74) is 0.194. The van der Waals surface area contributed by atoms with Crippen molar-refractivity contribution in [1.29, 1.82) is 5.26 Å². The van der Waals surface area contributed by atoms with E-state index in [2.05, 4.69) is 17.6 Å². The molecule has 0 radical (unpaired) electrons. The van der Waals surface area contributed by atoms with Crippen LogP contribution in [0.25, 0.3) is 6.08 Å². The van der Waals surface area contributed by atoms with Gasteiger partial charge in [0.25, 0.3) is 5.91 Å². The van der Waals surface area contributed by atoms with Gasteiger partial charge in [-0.3, -0.25) is 9.69 Å². The second-order valence-corrected chi connectivity index (χ2v) is 7.74. The number of oxazole rings is 1. The number of rotatable bonds is 4. The molecule has 0 aliphatic carbocycles. The molecule has 7 nitrogen and oxygen atoms in total. The predicted octanol–water partition coefficient (Wildman–Crippen LogP) is 2.55. The largest absolute Gasteiger partial charge is 0.420 e. The molecule has 1 amide bonds. The van der Waals surface area contributed by atoms with Crippen LogP contribution in [0, 0.1) is 11.3 Å². The van der Waals surface area contributed by atoms with Crippen molar-refractivity contribution in [3.63, 3.8) is 0 Å². The van der Waals surface area contributed by atoms with Crippen molar-refractivity contribution < 1.29 is 13.9 Å². The first kappa shape index (κ1) is 18.6. The third-order valence-electron chi connectivity index (χ3n) is 3.88. The van der Waals surface area contributed by atoms with Crippen LogP contribution in [-0.2, 0) is 9.53 Å². The highest BCUT2D eigenvalue weighted by Crippen LogP contribution is 2.33. The third kappa shape index (κ3) is 3.67. The number of amides is 1. The Morgan fingerprint density at radius 2 is 2.15 bits per heavy atom. The quantitative estimate of drug-likeness (QED) is 0.441. The van der Waals surface area contributed by atoms with Gasteiger partial charge in [0.05, 0.1) is 17.1 Å². The average Bonchev–Trinajstić information content (AvgIpc) is 3.11. The fraction of sp³-hybridized carbons (Fsp3) is 0.412. The molecular formula is C17H18N4O3S2. The molecule has 26 heavy (non-hydrogen) atoms. The van der Waals surface area contributed by atoms with E-state index in [1.165, 1.54) is 22.7 Å². The summed E-state index contributed by atoms with van der Waals surface area (Å²) >= 11 is 6.39. The van der Waals surface area contributed by atoms with Crippen molar-refractivity contribution in [3.8, 4) is 6.07 Å². The first-order valence-electron chi connectivity index (χ1n) is 8.10. The summed E-state index contributed by atoms with van der Waals surface area (Å²) in [7, 11) is 0. The van der Waals surface area contributed by atoms with Crippen LogP contribution in [0.5, 0.6) is 0 Å². The highest BCUT2D eigenvalue weighted by atomic mass is 32.2. The predicted molar refractivity (Wildman–Crippen MR) is 104 cm³/mol. The Morgan fingerprint density at radius 1 is 1.46 bits per heavy atom. The number of nitrogens with zero attached hydrogens (tertiary/aromatic N) is 4. The molecule has 1 aromatic rings. The van der Waals surface area contributed by atoms with E-state index in [1.54, 1.807) is 6.08 Å². The summed E-state index contributed by atoms with van der Waals surface area (Å²) < 4.78 is 12.0. The minimum absolute atomic E-state index is 0.0222. The number of hydrogen-bond donors (Lipinski definition) is 0. The fourth-order valence-electron chi connectivity index (χ4n) is 2.92. The lowest BCUT2D eigenvalue weighted by molar-refractivity contribution is -0.121. The Bertz CT molecular complexity index is 816. The van der Waals surface area contributed by atoms with Gasteiger partial charge in [0.1, 0.15) is 10.4 Å². The second kappa shape index (κ2) is 7.61. The summed E-state index contributed by atoms with van der Waals surface area (Å²) in [5.74, 6) is 0.400. The Labute approximate surface area is 161 Å². The average molecular weight is 390 g/mol. The maximum atomic E-state index is 12.4. The van der Waals surface area contributed by atoms with E-state index in [-0.39, 0.29) is 29.7 Å². The molecule has 136 valence electrons. The molecule has 3 rings (SSSR count). The van der Waals surface area contributed by atoms with Crippen molar-refractivity contribution >= 4 is 46.2 Å². The van der Waals surface area contributed by atoms with E-state index in [0.717, 1.165) is 0 Å². The second-order valence-electron chi connectivity index (χ2n) is 6.06. The van der Waals surface area contributed by atoms with Crippen molar-refractivity contribution in [2.75, 3.05) is 24.5 Å². The van der Waals surface area contributed by atoms with Crippen LogP contribution in [0.3, 0.4) is 0 Å². The number of aromatic nitrogens is 1. The van der Waals surface area contributed by atoms with Crippen molar-refractivity contribution in [1.82, 2.24) is 9.88 Å². The Kier molecular flexibility index (Phi) is 5.46. The first-order valence-corrected chi connectivity index (χ1v) is 9.33. The maximum Gasteiger partial charge on any atom is 0.266 e. The van der Waals surface area contributed by atoms with Gasteiger partial charge >= 0.3 is 0 Å². The Hall–Kier alpha value is -2.15. The van der Waals surface area contributed by atoms with Crippen LogP contribution in [-0.4, -0.2) is 52.0 Å². The van der Waals surface area contributed by atoms with E-state index in [4.69, 9.17) is 21.4 Å². The van der Waals surface area contributed by atoms with E-state index in [1.807, 2.05) is 18.7 Å². The SMILES string of the molecule is C=CCN1C(=O)/C(=C\c2nc(C#N)c(N3CC(C)OC(C)C3)o2)SC1=S. The number of morpholine rings is 1. The van der Waals surface area contributed by atoms with Gasteiger partial charge in [0.15, 0.2) is 0 Å². The minimum atomic E-state index is -0.216. The zero-order valence-corrected chi connectivity index (χ0v) is 16.1. The lowest BCUT2D eigenvalue weighted by atomic mass is 10.2. The van der Waals surface area contributed by atoms with Gasteiger partial charge in [-0.25, -0.2) is 0 Å². The molecule has 2 aliphatic rings. The van der Waals surface area contributed by atoms with Crippen LogP contribution in [0.1, 0.15) is 25.4 Å². The molecule has 2 saturated heterocycles. The number of carbonyl (C=O) groups is 1. The minimum Gasteiger partial charge on any atom is -0.420 e. The number of anilines is 1. The topological polar surface area (TPSA) is 82.6 Å². The Balaban J connectivity index is 1.88. The normalized spacial score (nSPS) is 25.0. The number of hydrogen-bond acceptors (Lipinski definition) is 8. The van der Waals surface area contributed by atoms with Crippen molar-refractivity contribution in [2.45, 2.75) is 26.1 Å². The number of carbonyl (C=O) groups excluding carboxylic acids is 1. The molecule has 2 aliphatic heterocycles. The van der Waals surface area contributed by atoms with Gasteiger partial charge in [0, 0.05) is 25.7 Å². The molecule has 0 bridgehead atoms. The van der Waals surface area contributed by atoms with Gasteiger partial charge in [-0.15, -0.1) is 6.58 Å². The molecule has 0 saturated carbocycles. The van der Waals surface area contributed by atoms with Gasteiger partial charge in [0.2, 0.25) is 17.5 Å². The monoisotopic (exact) mass is 390 g/mol. The lowest BCUT2D eigenvalue weighted by Crippen LogP contribution is -2.45. The van der Waals surface area contributed by atoms with Crippen molar-refractivity contribution in [2.24, 2.45) is 0 Å².